The summed E-state index contributed by atoms with van der Waals surface area (Å²) in [5, 5.41) is 2.69. The lowest BCUT2D eigenvalue weighted by Crippen LogP contribution is -2.33. The minimum atomic E-state index is -0.0971. The molecule has 8 heteroatoms. The van der Waals surface area contributed by atoms with E-state index in [9.17, 15) is 14.4 Å². The molecule has 0 atom stereocenters. The molecule has 0 aromatic rings. The van der Waals surface area contributed by atoms with E-state index in [0.717, 1.165) is 0 Å². The fourth-order valence-electron chi connectivity index (χ4n) is 1.18. The van der Waals surface area contributed by atoms with Crippen LogP contribution >= 0.6 is 0 Å². The van der Waals surface area contributed by atoms with Gasteiger partial charge in [0.25, 0.3) is 0 Å². The molecule has 0 aromatic carbocycles. The summed E-state index contributed by atoms with van der Waals surface area (Å²) < 4.78 is 10.2. The molecule has 0 aromatic heterocycles. The molecule has 0 spiro atoms. The van der Waals surface area contributed by atoms with Crippen LogP contribution in [0.25, 0.3) is 0 Å². The minimum absolute atomic E-state index is 0.0213. The molecule has 0 saturated carbocycles. The van der Waals surface area contributed by atoms with Gasteiger partial charge in [0.2, 0.25) is 5.91 Å². The van der Waals surface area contributed by atoms with Crippen LogP contribution in [0.15, 0.2) is 12.3 Å². The van der Waals surface area contributed by atoms with Gasteiger partial charge in [-0.2, -0.15) is 0 Å². The molecule has 1 amide bonds. The van der Waals surface area contributed by atoms with Crippen LogP contribution in [0, 0.1) is 0 Å². The Morgan fingerprint density at radius 2 is 1.86 bits per heavy atom. The highest BCUT2D eigenvalue weighted by Gasteiger charge is 1.99. The van der Waals surface area contributed by atoms with Gasteiger partial charge in [-0.3, -0.25) is 14.4 Å². The number of carbonyl (C=O) groups is 3. The van der Waals surface area contributed by atoms with Crippen molar-refractivity contribution in [2.75, 3.05) is 39.5 Å². The first-order valence-corrected chi connectivity index (χ1v) is 6.67. The predicted molar refractivity (Wildman–Crippen MR) is 76.3 cm³/mol. The van der Waals surface area contributed by atoms with Crippen molar-refractivity contribution in [2.45, 2.75) is 13.3 Å². The van der Waals surface area contributed by atoms with Crippen molar-refractivity contribution in [1.82, 2.24) is 16.2 Å². The van der Waals surface area contributed by atoms with Crippen molar-refractivity contribution < 1.29 is 23.9 Å². The second-order valence-corrected chi connectivity index (χ2v) is 4.03. The van der Waals surface area contributed by atoms with Crippen LogP contribution in [-0.4, -0.2) is 57.5 Å². The summed E-state index contributed by atoms with van der Waals surface area (Å²) in [6, 6.07) is 0. The van der Waals surface area contributed by atoms with Gasteiger partial charge >= 0.3 is 0 Å². The summed E-state index contributed by atoms with van der Waals surface area (Å²) in [6.45, 7) is 3.55. The Balaban J connectivity index is 3.24. The van der Waals surface area contributed by atoms with Gasteiger partial charge in [-0.25, -0.2) is 5.43 Å². The number of aldehydes is 1. The van der Waals surface area contributed by atoms with Gasteiger partial charge < -0.3 is 20.2 Å². The van der Waals surface area contributed by atoms with E-state index < -0.39 is 0 Å². The molecule has 21 heavy (non-hydrogen) atoms. The number of amides is 1. The number of allylic oxidation sites excluding steroid dienone is 1. The maximum Gasteiger partial charge on any atom is 0.221 e. The predicted octanol–water partition coefficient (Wildman–Crippen LogP) is -1.08. The average molecular weight is 301 g/mol. The van der Waals surface area contributed by atoms with E-state index in [1.165, 1.54) is 19.2 Å². The molecule has 0 heterocycles. The molecule has 0 fully saturated rings. The summed E-state index contributed by atoms with van der Waals surface area (Å²) in [7, 11) is 0. The molecule has 8 nitrogen and oxygen atoms in total. The first-order valence-electron chi connectivity index (χ1n) is 6.67. The molecular formula is C13H23N3O5. The van der Waals surface area contributed by atoms with Gasteiger partial charge in [0.15, 0.2) is 5.78 Å². The fourth-order valence-corrected chi connectivity index (χ4v) is 1.18. The smallest absolute Gasteiger partial charge is 0.221 e. The van der Waals surface area contributed by atoms with Gasteiger partial charge in [0.1, 0.15) is 12.9 Å². The molecule has 0 aliphatic rings. The van der Waals surface area contributed by atoms with Crippen molar-refractivity contribution in [3.63, 3.8) is 0 Å². The van der Waals surface area contributed by atoms with Crippen LogP contribution in [0.1, 0.15) is 13.3 Å². The van der Waals surface area contributed by atoms with E-state index in [-0.39, 0.29) is 18.3 Å². The van der Waals surface area contributed by atoms with Crippen LogP contribution in [0.2, 0.25) is 0 Å². The maximum absolute atomic E-state index is 11.4. The zero-order chi connectivity index (χ0) is 15.8. The maximum atomic E-state index is 11.4. The van der Waals surface area contributed by atoms with Crippen LogP contribution in [-0.2, 0) is 23.9 Å². The number of Topliss-reactive ketones (excluding diaryl/α,β-unsaturated/α-hetero) is 1. The second kappa shape index (κ2) is 14.6. The Labute approximate surface area is 124 Å². The summed E-state index contributed by atoms with van der Waals surface area (Å²) in [5.74, 6) is -0.118. The molecule has 0 aliphatic heterocycles. The topological polar surface area (TPSA) is 106 Å². The standard InChI is InChI=1S/C13H23N3O5/c1-12(18)11-21-10-9-20-8-6-14-13(19)3-5-16-15-4-2-7-17/h2,4,7,15-16H,3,5-6,8-11H2,1H3,(H,14,19)/b4-2-. The number of hydrogen-bond donors (Lipinski definition) is 3. The molecule has 0 radical (unpaired) electrons. The summed E-state index contributed by atoms with van der Waals surface area (Å²) in [4.78, 5) is 31.9. The van der Waals surface area contributed by atoms with Gasteiger partial charge in [-0.05, 0) is 13.0 Å². The molecule has 0 rings (SSSR count). The van der Waals surface area contributed by atoms with E-state index in [0.29, 0.717) is 45.6 Å². The highest BCUT2D eigenvalue weighted by molar-refractivity contribution is 5.76. The van der Waals surface area contributed by atoms with Crippen molar-refractivity contribution >= 4 is 18.0 Å². The molecule has 0 unspecified atom stereocenters. The lowest BCUT2D eigenvalue weighted by Gasteiger charge is -2.07. The van der Waals surface area contributed by atoms with Gasteiger partial charge in [-0.1, -0.05) is 0 Å². The molecule has 0 saturated heterocycles. The second-order valence-electron chi connectivity index (χ2n) is 4.03. The van der Waals surface area contributed by atoms with Crippen LogP contribution in [0.4, 0.5) is 0 Å². The Kier molecular flexibility index (Phi) is 13.4. The third-order valence-corrected chi connectivity index (χ3v) is 2.08. The highest BCUT2D eigenvalue weighted by atomic mass is 16.5. The number of carbonyl (C=O) groups excluding carboxylic acids is 3. The Hall–Kier alpha value is -1.77. The molecule has 120 valence electrons. The van der Waals surface area contributed by atoms with E-state index in [1.807, 2.05) is 0 Å². The molecular weight excluding hydrogens is 278 g/mol. The first-order chi connectivity index (χ1) is 10.2. The van der Waals surface area contributed by atoms with Crippen molar-refractivity contribution in [2.24, 2.45) is 0 Å². The summed E-state index contributed by atoms with van der Waals surface area (Å²) in [5.41, 5.74) is 5.39. The number of nitrogens with one attached hydrogen (secondary N) is 3. The third kappa shape index (κ3) is 16.2. The Bertz CT molecular complexity index is 334. The quantitative estimate of drug-likeness (QED) is 0.162. The summed E-state index contributed by atoms with van der Waals surface area (Å²) >= 11 is 0. The van der Waals surface area contributed by atoms with Crippen LogP contribution in [0.3, 0.4) is 0 Å². The lowest BCUT2D eigenvalue weighted by atomic mass is 10.4. The molecule has 0 aliphatic carbocycles. The van der Waals surface area contributed by atoms with Crippen molar-refractivity contribution in [3.8, 4) is 0 Å². The van der Waals surface area contributed by atoms with Gasteiger partial charge in [0, 0.05) is 25.7 Å². The summed E-state index contributed by atoms with van der Waals surface area (Å²) in [6.07, 6.45) is 3.69. The highest BCUT2D eigenvalue weighted by Crippen LogP contribution is 1.81. The zero-order valence-corrected chi connectivity index (χ0v) is 12.2. The first kappa shape index (κ1) is 19.2. The van der Waals surface area contributed by atoms with E-state index >= 15 is 0 Å². The Morgan fingerprint density at radius 3 is 2.57 bits per heavy atom. The lowest BCUT2D eigenvalue weighted by molar-refractivity contribution is -0.123. The molecule has 0 bridgehead atoms. The number of hydrazine groups is 1. The van der Waals surface area contributed by atoms with Crippen LogP contribution < -0.4 is 16.2 Å². The molecule has 3 N–H and O–H groups in total. The largest absolute Gasteiger partial charge is 0.377 e. The minimum Gasteiger partial charge on any atom is -0.377 e. The van der Waals surface area contributed by atoms with E-state index in [1.54, 1.807) is 0 Å². The Morgan fingerprint density at radius 1 is 1.10 bits per heavy atom. The SMILES string of the molecule is CC(=O)COCCOCCNC(=O)CCNN/C=C\C=O. The zero-order valence-electron chi connectivity index (χ0n) is 12.2. The average Bonchev–Trinajstić information content (AvgIpc) is 2.45. The van der Waals surface area contributed by atoms with Crippen LogP contribution in [0.5, 0.6) is 0 Å². The number of hydrogen-bond acceptors (Lipinski definition) is 7. The normalized spacial score (nSPS) is 10.5. The van der Waals surface area contributed by atoms with E-state index in [4.69, 9.17) is 9.47 Å². The van der Waals surface area contributed by atoms with Crippen molar-refractivity contribution in [1.29, 1.82) is 0 Å². The number of ether oxygens (including phenoxy) is 2. The fraction of sp³-hybridized carbons (Fsp3) is 0.615. The van der Waals surface area contributed by atoms with Gasteiger partial charge in [-0.15, -0.1) is 0 Å². The van der Waals surface area contributed by atoms with Crippen molar-refractivity contribution in [3.05, 3.63) is 12.3 Å². The number of rotatable bonds is 14. The third-order valence-electron chi connectivity index (χ3n) is 2.08. The number of ketones is 1. The monoisotopic (exact) mass is 301 g/mol. The van der Waals surface area contributed by atoms with E-state index in [2.05, 4.69) is 16.2 Å². The van der Waals surface area contributed by atoms with Gasteiger partial charge in [0.05, 0.1) is 19.8 Å².